The van der Waals surface area contributed by atoms with Crippen LogP contribution in [0.4, 0.5) is 5.69 Å². The van der Waals surface area contributed by atoms with E-state index in [4.69, 9.17) is 9.72 Å². The van der Waals surface area contributed by atoms with Gasteiger partial charge >= 0.3 is 5.97 Å². The smallest absolute Gasteiger partial charge is 0.343 e. The first kappa shape index (κ1) is 21.4. The maximum absolute atomic E-state index is 13.5. The van der Waals surface area contributed by atoms with E-state index in [-0.39, 0.29) is 18.6 Å². The Labute approximate surface area is 200 Å². The monoisotopic (exact) mass is 475 g/mol. The molecule has 1 atom stereocenters. The SMILES string of the molecule is CC[C@@]1(O)C(=O)OCc2c1cc1n(c2=O)Cc2c-1nc1ccc(NC(C)C)c3c1c2C=C(C)S3. The van der Waals surface area contributed by atoms with Gasteiger partial charge in [-0.2, -0.15) is 0 Å². The molecule has 7 nitrogen and oxygen atoms in total. The van der Waals surface area contributed by atoms with Crippen LogP contribution in [0, 0.1) is 0 Å². The molecule has 0 radical (unpaired) electrons. The van der Waals surface area contributed by atoms with Crippen molar-refractivity contribution in [3.8, 4) is 11.4 Å². The molecule has 0 saturated heterocycles. The second-order valence-electron chi connectivity index (χ2n) is 9.45. The van der Waals surface area contributed by atoms with E-state index < -0.39 is 11.6 Å². The van der Waals surface area contributed by atoms with E-state index in [0.717, 1.165) is 38.3 Å². The molecule has 174 valence electrons. The molecule has 6 rings (SSSR count). The number of aromatic nitrogens is 2. The Bertz CT molecular complexity index is 1520. The predicted molar refractivity (Wildman–Crippen MR) is 133 cm³/mol. The number of fused-ring (bicyclic) bond motifs is 5. The van der Waals surface area contributed by atoms with E-state index in [2.05, 4.69) is 38.2 Å². The second kappa shape index (κ2) is 7.20. The molecule has 2 aromatic heterocycles. The van der Waals surface area contributed by atoms with Crippen LogP contribution in [0.3, 0.4) is 0 Å². The molecule has 1 aromatic carbocycles. The summed E-state index contributed by atoms with van der Waals surface area (Å²) in [6.45, 7) is 8.30. The van der Waals surface area contributed by atoms with E-state index in [9.17, 15) is 14.7 Å². The molecule has 3 aliphatic heterocycles. The number of allylic oxidation sites excluding steroid dienone is 1. The number of aliphatic hydroxyl groups is 1. The number of carbonyl (C=O) groups excluding carboxylic acids is 1. The Morgan fingerprint density at radius 3 is 2.82 bits per heavy atom. The predicted octanol–water partition coefficient (Wildman–Crippen LogP) is 4.37. The largest absolute Gasteiger partial charge is 0.458 e. The molecule has 2 N–H and O–H groups in total. The first-order chi connectivity index (χ1) is 16.2. The van der Waals surface area contributed by atoms with Crippen LogP contribution >= 0.6 is 11.8 Å². The number of hydrogen-bond acceptors (Lipinski definition) is 7. The minimum Gasteiger partial charge on any atom is -0.458 e. The summed E-state index contributed by atoms with van der Waals surface area (Å²) in [5.74, 6) is -0.711. The number of thioether (sulfide) groups is 1. The lowest BCUT2D eigenvalue weighted by atomic mass is 9.86. The van der Waals surface area contributed by atoms with Gasteiger partial charge in [0.05, 0.1) is 29.0 Å². The zero-order valence-electron chi connectivity index (χ0n) is 19.5. The van der Waals surface area contributed by atoms with Crippen molar-refractivity contribution in [2.75, 3.05) is 5.32 Å². The number of nitrogens with zero attached hydrogens (tertiary/aromatic N) is 2. The average molecular weight is 476 g/mol. The fourth-order valence-electron chi connectivity index (χ4n) is 5.26. The Balaban J connectivity index is 1.64. The highest BCUT2D eigenvalue weighted by atomic mass is 32.2. The first-order valence-corrected chi connectivity index (χ1v) is 12.3. The molecule has 0 bridgehead atoms. The van der Waals surface area contributed by atoms with Gasteiger partial charge < -0.3 is 19.7 Å². The third kappa shape index (κ3) is 2.78. The summed E-state index contributed by atoms with van der Waals surface area (Å²) < 4.78 is 6.88. The summed E-state index contributed by atoms with van der Waals surface area (Å²) in [5, 5.41) is 15.7. The van der Waals surface area contributed by atoms with Crippen LogP contribution in [-0.2, 0) is 28.3 Å². The van der Waals surface area contributed by atoms with Crippen molar-refractivity contribution in [2.45, 2.75) is 63.8 Å². The summed E-state index contributed by atoms with van der Waals surface area (Å²) in [7, 11) is 0. The van der Waals surface area contributed by atoms with E-state index in [1.165, 1.54) is 4.91 Å². The summed E-state index contributed by atoms with van der Waals surface area (Å²) in [6, 6.07) is 6.14. The molecule has 8 heteroatoms. The lowest BCUT2D eigenvalue weighted by Crippen LogP contribution is -2.44. The Morgan fingerprint density at radius 1 is 1.29 bits per heavy atom. The summed E-state index contributed by atoms with van der Waals surface area (Å²) in [5.41, 5.74) is 3.98. The maximum Gasteiger partial charge on any atom is 0.343 e. The van der Waals surface area contributed by atoms with Gasteiger partial charge in [0, 0.05) is 33.1 Å². The highest BCUT2D eigenvalue weighted by Gasteiger charge is 2.45. The van der Waals surface area contributed by atoms with Crippen molar-refractivity contribution in [1.82, 2.24) is 9.55 Å². The number of pyridine rings is 2. The fourth-order valence-corrected chi connectivity index (χ4v) is 6.31. The maximum atomic E-state index is 13.5. The van der Waals surface area contributed by atoms with E-state index in [1.54, 1.807) is 29.3 Å². The van der Waals surface area contributed by atoms with Crippen molar-refractivity contribution in [2.24, 2.45) is 0 Å². The van der Waals surface area contributed by atoms with Crippen LogP contribution in [0.2, 0.25) is 0 Å². The van der Waals surface area contributed by atoms with E-state index in [1.807, 2.05) is 6.07 Å². The summed E-state index contributed by atoms with van der Waals surface area (Å²) in [6.07, 6.45) is 2.30. The van der Waals surface area contributed by atoms with Crippen molar-refractivity contribution in [3.63, 3.8) is 0 Å². The number of cyclic esters (lactones) is 1. The third-order valence-corrected chi connectivity index (χ3v) is 7.97. The molecule has 0 amide bonds. The minimum absolute atomic E-state index is 0.124. The van der Waals surface area contributed by atoms with E-state index in [0.29, 0.717) is 29.4 Å². The Hall–Kier alpha value is -3.10. The number of hydrogen-bond donors (Lipinski definition) is 2. The molecule has 0 aliphatic carbocycles. The van der Waals surface area contributed by atoms with Gasteiger partial charge in [0.1, 0.15) is 6.61 Å². The third-order valence-electron chi connectivity index (χ3n) is 6.90. The van der Waals surface area contributed by atoms with Crippen molar-refractivity contribution in [1.29, 1.82) is 0 Å². The lowest BCUT2D eigenvalue weighted by Gasteiger charge is -2.31. The molecule has 3 aromatic rings. The molecule has 0 fully saturated rings. The number of nitrogens with one attached hydrogen (secondary N) is 1. The summed E-state index contributed by atoms with van der Waals surface area (Å²) >= 11 is 1.73. The minimum atomic E-state index is -1.83. The topological polar surface area (TPSA) is 93.5 Å². The highest BCUT2D eigenvalue weighted by Crippen LogP contribution is 2.48. The van der Waals surface area contributed by atoms with Gasteiger partial charge in [0.2, 0.25) is 0 Å². The van der Waals surface area contributed by atoms with Gasteiger partial charge in [0.15, 0.2) is 5.60 Å². The Morgan fingerprint density at radius 2 is 2.09 bits per heavy atom. The van der Waals surface area contributed by atoms with Gasteiger partial charge in [-0.25, -0.2) is 9.78 Å². The standard InChI is InChI=1S/C26H25N3O4S/c1-5-26(32)17-9-20-22-15(10-29(20)24(30)16(17)11-33-25(26)31)14-8-13(4)34-23-19(27-12(2)3)7-6-18(28-22)21(14)23/h6-9,12,27,32H,5,10-11H2,1-4H3/t26-/m0/s1. The molecular formula is C26H25N3O4S. The molecule has 0 spiro atoms. The van der Waals surface area contributed by atoms with Crippen LogP contribution in [0.15, 0.2) is 32.8 Å². The van der Waals surface area contributed by atoms with E-state index >= 15 is 0 Å². The first-order valence-electron chi connectivity index (χ1n) is 11.5. The molecule has 0 saturated carbocycles. The van der Waals surface area contributed by atoms with Gasteiger partial charge in [0.25, 0.3) is 5.56 Å². The van der Waals surface area contributed by atoms with Crippen molar-refractivity contribution >= 4 is 40.4 Å². The molecular weight excluding hydrogens is 450 g/mol. The molecule has 5 heterocycles. The number of ether oxygens (including phenoxy) is 1. The highest BCUT2D eigenvalue weighted by molar-refractivity contribution is 8.03. The fraction of sp³-hybridized carbons (Fsp3) is 0.346. The van der Waals surface area contributed by atoms with Crippen molar-refractivity contribution in [3.05, 3.63) is 55.7 Å². The number of rotatable bonds is 3. The number of esters is 1. The normalized spacial score (nSPS) is 20.1. The molecule has 34 heavy (non-hydrogen) atoms. The quantitative estimate of drug-likeness (QED) is 0.425. The zero-order valence-corrected chi connectivity index (χ0v) is 20.3. The van der Waals surface area contributed by atoms with Crippen LogP contribution in [0.25, 0.3) is 28.4 Å². The van der Waals surface area contributed by atoms with Crippen LogP contribution < -0.4 is 10.9 Å². The second-order valence-corrected chi connectivity index (χ2v) is 10.7. The van der Waals surface area contributed by atoms with Crippen LogP contribution in [0.1, 0.15) is 56.4 Å². The van der Waals surface area contributed by atoms with Gasteiger partial charge in [-0.1, -0.05) is 18.7 Å². The van der Waals surface area contributed by atoms with Crippen molar-refractivity contribution < 1.29 is 14.6 Å². The summed E-state index contributed by atoms with van der Waals surface area (Å²) in [4.78, 5) is 33.2. The number of carbonyl (C=O) groups is 1. The van der Waals surface area contributed by atoms with Crippen LogP contribution in [0.5, 0.6) is 0 Å². The van der Waals surface area contributed by atoms with Crippen LogP contribution in [-0.4, -0.2) is 26.7 Å². The Kier molecular flexibility index (Phi) is 4.54. The number of anilines is 1. The van der Waals surface area contributed by atoms with Gasteiger partial charge in [-0.15, -0.1) is 0 Å². The zero-order chi connectivity index (χ0) is 23.9. The molecule has 0 unspecified atom stereocenters. The van der Waals surface area contributed by atoms with Gasteiger partial charge in [-0.05, 0) is 61.9 Å². The number of benzene rings is 1. The lowest BCUT2D eigenvalue weighted by molar-refractivity contribution is -0.172. The average Bonchev–Trinajstić information content (AvgIpc) is 3.17. The van der Waals surface area contributed by atoms with Gasteiger partial charge in [-0.3, -0.25) is 4.79 Å². The molecule has 3 aliphatic rings.